The Balaban J connectivity index is 1.95. The SMILES string of the molecule is CCc1ccc(C(=O)N2CCCC2CN)cc1S(=O)(=O)N1CCOCC1. The fourth-order valence-corrected chi connectivity index (χ4v) is 5.39. The molecule has 7 nitrogen and oxygen atoms in total. The quantitative estimate of drug-likeness (QED) is 0.816. The van der Waals surface area contributed by atoms with E-state index in [0.29, 0.717) is 51.4 Å². The van der Waals surface area contributed by atoms with Crippen LogP contribution in [0.1, 0.15) is 35.7 Å². The third-order valence-electron chi connectivity index (χ3n) is 5.19. The Morgan fingerprint density at radius 2 is 2.00 bits per heavy atom. The van der Waals surface area contributed by atoms with Crippen molar-refractivity contribution in [2.45, 2.75) is 37.1 Å². The summed E-state index contributed by atoms with van der Waals surface area (Å²) in [4.78, 5) is 14.9. The molecule has 2 heterocycles. The number of carbonyl (C=O) groups is 1. The van der Waals surface area contributed by atoms with Gasteiger partial charge in [0, 0.05) is 37.8 Å². The first-order valence-electron chi connectivity index (χ1n) is 9.21. The first-order valence-corrected chi connectivity index (χ1v) is 10.6. The first kappa shape index (κ1) is 19.3. The van der Waals surface area contributed by atoms with Gasteiger partial charge in [0.15, 0.2) is 0 Å². The van der Waals surface area contributed by atoms with Crippen LogP contribution in [0.15, 0.2) is 23.1 Å². The summed E-state index contributed by atoms with van der Waals surface area (Å²) >= 11 is 0. The van der Waals surface area contributed by atoms with Crippen LogP contribution in [-0.2, 0) is 21.2 Å². The largest absolute Gasteiger partial charge is 0.379 e. The molecule has 0 aliphatic carbocycles. The molecule has 8 heteroatoms. The molecule has 0 saturated carbocycles. The number of hydrogen-bond donors (Lipinski definition) is 1. The van der Waals surface area contributed by atoms with Crippen molar-refractivity contribution in [1.82, 2.24) is 9.21 Å². The van der Waals surface area contributed by atoms with Crippen LogP contribution >= 0.6 is 0 Å². The van der Waals surface area contributed by atoms with Crippen molar-refractivity contribution in [3.8, 4) is 0 Å². The Kier molecular flexibility index (Phi) is 5.96. The predicted molar refractivity (Wildman–Crippen MR) is 98.5 cm³/mol. The number of hydrogen-bond acceptors (Lipinski definition) is 5. The average Bonchev–Trinajstić information content (AvgIpc) is 3.16. The van der Waals surface area contributed by atoms with E-state index in [2.05, 4.69) is 0 Å². The van der Waals surface area contributed by atoms with Gasteiger partial charge >= 0.3 is 0 Å². The number of amides is 1. The highest BCUT2D eigenvalue weighted by Gasteiger charge is 2.32. The van der Waals surface area contributed by atoms with Gasteiger partial charge in [-0.1, -0.05) is 13.0 Å². The molecular weight excluding hydrogens is 354 g/mol. The Labute approximate surface area is 155 Å². The van der Waals surface area contributed by atoms with E-state index in [0.717, 1.165) is 18.4 Å². The van der Waals surface area contributed by atoms with Crippen LogP contribution in [0.3, 0.4) is 0 Å². The van der Waals surface area contributed by atoms with Gasteiger partial charge in [0.25, 0.3) is 5.91 Å². The van der Waals surface area contributed by atoms with E-state index < -0.39 is 10.0 Å². The number of nitrogens with two attached hydrogens (primary N) is 1. The molecule has 2 fully saturated rings. The van der Waals surface area contributed by atoms with Crippen LogP contribution in [0.2, 0.25) is 0 Å². The van der Waals surface area contributed by atoms with Crippen molar-refractivity contribution in [1.29, 1.82) is 0 Å². The smallest absolute Gasteiger partial charge is 0.254 e. The lowest BCUT2D eigenvalue weighted by atomic mass is 10.1. The maximum absolute atomic E-state index is 13.1. The van der Waals surface area contributed by atoms with Crippen LogP contribution in [-0.4, -0.2) is 69.0 Å². The van der Waals surface area contributed by atoms with Gasteiger partial charge in [0.2, 0.25) is 10.0 Å². The minimum absolute atomic E-state index is 0.0349. The number of morpholine rings is 1. The lowest BCUT2D eigenvalue weighted by molar-refractivity contribution is 0.0728. The number of aryl methyl sites for hydroxylation is 1. The molecule has 2 saturated heterocycles. The van der Waals surface area contributed by atoms with Crippen LogP contribution in [0, 0.1) is 0 Å². The van der Waals surface area contributed by atoms with Gasteiger partial charge in [-0.15, -0.1) is 0 Å². The fourth-order valence-electron chi connectivity index (χ4n) is 3.66. The molecule has 1 amide bonds. The number of rotatable bonds is 5. The zero-order valence-corrected chi connectivity index (χ0v) is 16.0. The number of carbonyl (C=O) groups excluding carboxylic acids is 1. The van der Waals surface area contributed by atoms with Crippen molar-refractivity contribution >= 4 is 15.9 Å². The predicted octanol–water partition coefficient (Wildman–Crippen LogP) is 0.833. The summed E-state index contributed by atoms with van der Waals surface area (Å²) in [7, 11) is -3.65. The summed E-state index contributed by atoms with van der Waals surface area (Å²) < 4.78 is 32.9. The van der Waals surface area contributed by atoms with E-state index >= 15 is 0 Å². The molecule has 26 heavy (non-hydrogen) atoms. The minimum atomic E-state index is -3.65. The molecule has 3 rings (SSSR count). The zero-order chi connectivity index (χ0) is 18.7. The monoisotopic (exact) mass is 381 g/mol. The van der Waals surface area contributed by atoms with Gasteiger partial charge < -0.3 is 15.4 Å². The summed E-state index contributed by atoms with van der Waals surface area (Å²) in [5, 5.41) is 0. The van der Waals surface area contributed by atoms with Gasteiger partial charge in [0.05, 0.1) is 18.1 Å². The third kappa shape index (κ3) is 3.64. The second-order valence-electron chi connectivity index (χ2n) is 6.72. The number of nitrogens with zero attached hydrogens (tertiary/aromatic N) is 2. The summed E-state index contributed by atoms with van der Waals surface area (Å²) in [6.07, 6.45) is 2.41. The Morgan fingerprint density at radius 3 is 2.65 bits per heavy atom. The van der Waals surface area contributed by atoms with Gasteiger partial charge in [-0.2, -0.15) is 4.31 Å². The van der Waals surface area contributed by atoms with E-state index in [9.17, 15) is 13.2 Å². The molecule has 1 atom stereocenters. The van der Waals surface area contributed by atoms with Gasteiger partial charge in [-0.25, -0.2) is 8.42 Å². The summed E-state index contributed by atoms with van der Waals surface area (Å²) in [5.74, 6) is -0.140. The second-order valence-corrected chi connectivity index (χ2v) is 8.63. The molecular formula is C18H27N3O4S. The molecule has 1 aromatic carbocycles. The number of ether oxygens (including phenoxy) is 1. The van der Waals surface area contributed by atoms with Gasteiger partial charge in [0.1, 0.15) is 0 Å². The molecule has 0 bridgehead atoms. The highest BCUT2D eigenvalue weighted by atomic mass is 32.2. The molecule has 0 aromatic heterocycles. The molecule has 1 aromatic rings. The number of sulfonamides is 1. The van der Waals surface area contributed by atoms with Crippen molar-refractivity contribution < 1.29 is 17.9 Å². The lowest BCUT2D eigenvalue weighted by Gasteiger charge is -2.27. The standard InChI is InChI=1S/C18H27N3O4S/c1-2-14-5-6-15(18(22)21-7-3-4-16(21)13-19)12-17(14)26(23,24)20-8-10-25-11-9-20/h5-6,12,16H,2-4,7-11,13,19H2,1H3. The normalized spacial score (nSPS) is 21.9. The highest BCUT2D eigenvalue weighted by Crippen LogP contribution is 2.26. The minimum Gasteiger partial charge on any atom is -0.379 e. The number of likely N-dealkylation sites (tertiary alicyclic amines) is 1. The Morgan fingerprint density at radius 1 is 1.27 bits per heavy atom. The summed E-state index contributed by atoms with van der Waals surface area (Å²) in [6, 6.07) is 5.06. The van der Waals surface area contributed by atoms with Crippen molar-refractivity contribution in [3.63, 3.8) is 0 Å². The van der Waals surface area contributed by atoms with Gasteiger partial charge in [-0.05, 0) is 37.0 Å². The van der Waals surface area contributed by atoms with Gasteiger partial charge in [-0.3, -0.25) is 4.79 Å². The Bertz CT molecular complexity index is 760. The van der Waals surface area contributed by atoms with E-state index in [4.69, 9.17) is 10.5 Å². The van der Waals surface area contributed by atoms with E-state index in [-0.39, 0.29) is 16.8 Å². The third-order valence-corrected chi connectivity index (χ3v) is 7.17. The lowest BCUT2D eigenvalue weighted by Crippen LogP contribution is -2.41. The molecule has 2 N–H and O–H groups in total. The average molecular weight is 381 g/mol. The number of benzene rings is 1. The molecule has 2 aliphatic rings. The fraction of sp³-hybridized carbons (Fsp3) is 0.611. The first-order chi connectivity index (χ1) is 12.5. The topological polar surface area (TPSA) is 92.9 Å². The molecule has 144 valence electrons. The van der Waals surface area contributed by atoms with Crippen molar-refractivity contribution in [2.75, 3.05) is 39.4 Å². The van der Waals surface area contributed by atoms with E-state index in [1.165, 1.54) is 10.4 Å². The van der Waals surface area contributed by atoms with Crippen LogP contribution in [0.4, 0.5) is 0 Å². The Hall–Kier alpha value is -1.48. The molecule has 0 radical (unpaired) electrons. The van der Waals surface area contributed by atoms with Crippen molar-refractivity contribution in [3.05, 3.63) is 29.3 Å². The maximum Gasteiger partial charge on any atom is 0.254 e. The molecule has 2 aliphatic heterocycles. The summed E-state index contributed by atoms with van der Waals surface area (Å²) in [6.45, 7) is 4.48. The zero-order valence-electron chi connectivity index (χ0n) is 15.2. The van der Waals surface area contributed by atoms with Crippen molar-refractivity contribution in [2.24, 2.45) is 5.73 Å². The second kappa shape index (κ2) is 8.04. The van der Waals surface area contributed by atoms with Crippen LogP contribution in [0.5, 0.6) is 0 Å². The molecule has 1 unspecified atom stereocenters. The van der Waals surface area contributed by atoms with E-state index in [1.54, 1.807) is 17.0 Å². The maximum atomic E-state index is 13.1. The highest BCUT2D eigenvalue weighted by molar-refractivity contribution is 7.89. The van der Waals surface area contributed by atoms with E-state index in [1.807, 2.05) is 6.92 Å². The molecule has 0 spiro atoms. The summed E-state index contributed by atoms with van der Waals surface area (Å²) in [5.41, 5.74) is 6.91. The van der Waals surface area contributed by atoms with Crippen LogP contribution in [0.25, 0.3) is 0 Å². The van der Waals surface area contributed by atoms with Crippen LogP contribution < -0.4 is 5.73 Å².